The Morgan fingerprint density at radius 3 is 2.61 bits per heavy atom. The highest BCUT2D eigenvalue weighted by Gasteiger charge is 2.35. The quantitative estimate of drug-likeness (QED) is 0.330. The number of esters is 2. The smallest absolute Gasteiger partial charge is 0.341 e. The van der Waals surface area contributed by atoms with Crippen LogP contribution in [-0.4, -0.2) is 31.2 Å². The third-order valence-corrected chi connectivity index (χ3v) is 5.31. The zero-order chi connectivity index (χ0) is 20.3. The number of isocyanates is 1. The van der Waals surface area contributed by atoms with E-state index in [1.807, 2.05) is 0 Å². The van der Waals surface area contributed by atoms with Crippen LogP contribution in [-0.2, 0) is 25.7 Å². The molecule has 0 bridgehead atoms. The zero-order valence-corrected chi connectivity index (χ0v) is 16.3. The number of hydrogen-bond donors (Lipinski definition) is 0. The van der Waals surface area contributed by atoms with Crippen molar-refractivity contribution in [1.29, 1.82) is 0 Å². The minimum Gasteiger partial charge on any atom is -0.496 e. The average molecular weight is 385 g/mol. The second-order valence-electron chi connectivity index (χ2n) is 6.88. The Bertz CT molecular complexity index is 889. The topological polar surface area (TPSA) is 91.3 Å². The van der Waals surface area contributed by atoms with Crippen LogP contribution in [0.3, 0.4) is 0 Å². The molecule has 1 aromatic rings. The van der Waals surface area contributed by atoms with E-state index in [2.05, 4.69) is 4.99 Å². The summed E-state index contributed by atoms with van der Waals surface area (Å²) in [5.74, 6) is -0.757. The number of carbonyl (C=O) groups excluding carboxylic acids is 3. The Kier molecular flexibility index (Phi) is 5.95. The summed E-state index contributed by atoms with van der Waals surface area (Å²) in [5, 5.41) is 0. The van der Waals surface area contributed by atoms with Crippen molar-refractivity contribution in [3.05, 3.63) is 28.3 Å². The number of fused-ring (bicyclic) bond motifs is 1. The Hall–Kier alpha value is -2.92. The molecule has 1 aliphatic heterocycles. The molecule has 1 saturated carbocycles. The summed E-state index contributed by atoms with van der Waals surface area (Å²) in [4.78, 5) is 40.1. The van der Waals surface area contributed by atoms with Crippen LogP contribution < -0.4 is 4.74 Å². The fourth-order valence-corrected chi connectivity index (χ4v) is 3.92. The van der Waals surface area contributed by atoms with Gasteiger partial charge in [0.1, 0.15) is 24.1 Å². The Labute approximate surface area is 163 Å². The number of rotatable bonds is 5. The maximum Gasteiger partial charge on any atom is 0.341 e. The minimum absolute atomic E-state index is 0.0312. The summed E-state index contributed by atoms with van der Waals surface area (Å²) in [6.45, 7) is 3.53. The lowest BCUT2D eigenvalue weighted by molar-refractivity contribution is -0.143. The maximum atomic E-state index is 13.0. The van der Waals surface area contributed by atoms with Gasteiger partial charge < -0.3 is 14.2 Å². The fourth-order valence-electron chi connectivity index (χ4n) is 3.92. The van der Waals surface area contributed by atoms with Gasteiger partial charge in [0, 0.05) is 5.56 Å². The van der Waals surface area contributed by atoms with Crippen LogP contribution in [0.4, 0.5) is 5.69 Å². The van der Waals surface area contributed by atoms with E-state index >= 15 is 0 Å². The summed E-state index contributed by atoms with van der Waals surface area (Å²) < 4.78 is 16.4. The molecule has 7 heteroatoms. The highest BCUT2D eigenvalue weighted by molar-refractivity contribution is 6.20. The summed E-state index contributed by atoms with van der Waals surface area (Å²) in [6.07, 6.45) is 7.77. The number of hydrogen-bond acceptors (Lipinski definition) is 7. The summed E-state index contributed by atoms with van der Waals surface area (Å²) in [7, 11) is 1.46. The van der Waals surface area contributed by atoms with E-state index in [9.17, 15) is 14.4 Å². The molecule has 148 valence electrons. The molecule has 1 heterocycles. The van der Waals surface area contributed by atoms with Crippen molar-refractivity contribution < 1.29 is 28.6 Å². The standard InChI is InChI=1S/C21H23NO6/c1-4-14(20(24)28-13-8-6-5-7-9-13)16-18(22-11-23)17-15(10-27-21(17)25)12(2)19(16)26-3/h4,13H,5-10H2,1-3H3. The van der Waals surface area contributed by atoms with Gasteiger partial charge in [-0.25, -0.2) is 14.4 Å². The van der Waals surface area contributed by atoms with E-state index in [4.69, 9.17) is 14.2 Å². The highest BCUT2D eigenvalue weighted by atomic mass is 16.5. The van der Waals surface area contributed by atoms with Crippen molar-refractivity contribution in [2.24, 2.45) is 4.99 Å². The van der Waals surface area contributed by atoms with E-state index < -0.39 is 11.9 Å². The molecule has 1 fully saturated rings. The van der Waals surface area contributed by atoms with E-state index in [0.717, 1.165) is 32.1 Å². The lowest BCUT2D eigenvalue weighted by atomic mass is 9.91. The predicted molar refractivity (Wildman–Crippen MR) is 101 cm³/mol. The van der Waals surface area contributed by atoms with Gasteiger partial charge in [0.25, 0.3) is 0 Å². The summed E-state index contributed by atoms with van der Waals surface area (Å²) >= 11 is 0. The molecule has 0 aromatic heterocycles. The van der Waals surface area contributed by atoms with Crippen molar-refractivity contribution in [2.45, 2.75) is 58.7 Å². The lowest BCUT2D eigenvalue weighted by Gasteiger charge is -2.23. The first-order chi connectivity index (χ1) is 13.5. The van der Waals surface area contributed by atoms with Crippen LogP contribution in [0.2, 0.25) is 0 Å². The van der Waals surface area contributed by atoms with Gasteiger partial charge in [-0.1, -0.05) is 12.5 Å². The molecule has 2 aliphatic rings. The van der Waals surface area contributed by atoms with E-state index in [1.165, 1.54) is 13.2 Å². The summed E-state index contributed by atoms with van der Waals surface area (Å²) in [6, 6.07) is 0. The van der Waals surface area contributed by atoms with E-state index in [0.29, 0.717) is 16.9 Å². The van der Waals surface area contributed by atoms with Crippen LogP contribution >= 0.6 is 0 Å². The first-order valence-electron chi connectivity index (χ1n) is 9.39. The predicted octanol–water partition coefficient (Wildman–Crippen LogP) is 3.92. The van der Waals surface area contributed by atoms with Crippen molar-refractivity contribution in [3.8, 4) is 5.75 Å². The van der Waals surface area contributed by atoms with Gasteiger partial charge in [0.15, 0.2) is 0 Å². The normalized spacial score (nSPS) is 16.8. The molecule has 0 saturated heterocycles. The van der Waals surface area contributed by atoms with Gasteiger partial charge in [-0.05, 0) is 45.1 Å². The van der Waals surface area contributed by atoms with Crippen LogP contribution in [0.1, 0.15) is 66.1 Å². The van der Waals surface area contributed by atoms with E-state index in [-0.39, 0.29) is 35.1 Å². The monoisotopic (exact) mass is 385 g/mol. The minimum atomic E-state index is -0.591. The molecular formula is C21H23NO6. The molecule has 0 amide bonds. The number of methoxy groups -OCH3 is 1. The van der Waals surface area contributed by atoms with Crippen molar-refractivity contribution in [1.82, 2.24) is 0 Å². The lowest BCUT2D eigenvalue weighted by Crippen LogP contribution is -2.22. The molecule has 3 rings (SSSR count). The number of carbonyl (C=O) groups is 2. The summed E-state index contributed by atoms with van der Waals surface area (Å²) in [5.41, 5.74) is 1.90. The van der Waals surface area contributed by atoms with Gasteiger partial charge in [-0.2, -0.15) is 4.99 Å². The molecule has 0 spiro atoms. The number of aliphatic imine (C=N–C) groups is 1. The molecule has 0 unspecified atom stereocenters. The largest absolute Gasteiger partial charge is 0.496 e. The molecule has 0 radical (unpaired) electrons. The van der Waals surface area contributed by atoms with Crippen LogP contribution in [0.15, 0.2) is 11.1 Å². The molecule has 0 atom stereocenters. The molecule has 1 aliphatic carbocycles. The van der Waals surface area contributed by atoms with Gasteiger partial charge in [-0.3, -0.25) is 0 Å². The molecule has 0 N–H and O–H groups in total. The first kappa shape index (κ1) is 19.8. The molecule has 1 aromatic carbocycles. The molecular weight excluding hydrogens is 362 g/mol. The van der Waals surface area contributed by atoms with Crippen LogP contribution in [0, 0.1) is 6.92 Å². The highest BCUT2D eigenvalue weighted by Crippen LogP contribution is 2.45. The fraction of sp³-hybridized carbons (Fsp3) is 0.476. The maximum absolute atomic E-state index is 13.0. The Morgan fingerprint density at radius 2 is 2.00 bits per heavy atom. The number of ether oxygens (including phenoxy) is 3. The Balaban J connectivity index is 2.14. The van der Waals surface area contributed by atoms with E-state index in [1.54, 1.807) is 19.9 Å². The van der Waals surface area contributed by atoms with Crippen molar-refractivity contribution in [2.75, 3.05) is 7.11 Å². The zero-order valence-electron chi connectivity index (χ0n) is 16.3. The number of nitrogens with zero attached hydrogens (tertiary/aromatic N) is 1. The third-order valence-electron chi connectivity index (χ3n) is 5.31. The second kappa shape index (κ2) is 8.40. The number of cyclic esters (lactones) is 1. The van der Waals surface area contributed by atoms with Crippen molar-refractivity contribution in [3.63, 3.8) is 0 Å². The Morgan fingerprint density at radius 1 is 1.29 bits per heavy atom. The SMILES string of the molecule is CC=C(C(=O)OC1CCCCC1)c1c(N=C=O)c2c(c(C)c1OC)COC2=O. The first-order valence-corrected chi connectivity index (χ1v) is 9.39. The molecule has 7 nitrogen and oxygen atoms in total. The third kappa shape index (κ3) is 3.45. The van der Waals surface area contributed by atoms with Gasteiger partial charge in [0.2, 0.25) is 6.08 Å². The van der Waals surface area contributed by atoms with Gasteiger partial charge in [-0.15, -0.1) is 0 Å². The second-order valence-corrected chi connectivity index (χ2v) is 6.88. The molecule has 28 heavy (non-hydrogen) atoms. The van der Waals surface area contributed by atoms with Crippen LogP contribution in [0.25, 0.3) is 5.57 Å². The number of benzene rings is 1. The van der Waals surface area contributed by atoms with Crippen molar-refractivity contribution >= 4 is 29.3 Å². The van der Waals surface area contributed by atoms with Gasteiger partial charge >= 0.3 is 11.9 Å². The van der Waals surface area contributed by atoms with Gasteiger partial charge in [0.05, 0.1) is 23.8 Å². The average Bonchev–Trinajstić information content (AvgIpc) is 3.08. The van der Waals surface area contributed by atoms with Crippen LogP contribution in [0.5, 0.6) is 5.75 Å². The number of allylic oxidation sites excluding steroid dienone is 1.